The summed E-state index contributed by atoms with van der Waals surface area (Å²) in [6, 6.07) is 15.3. The van der Waals surface area contributed by atoms with Crippen LogP contribution in [0.4, 0.5) is 17.2 Å². The highest BCUT2D eigenvalue weighted by Crippen LogP contribution is 2.35. The number of fused-ring (bicyclic) bond motifs is 4. The number of carbonyl (C=O) groups excluding carboxylic acids is 1. The van der Waals surface area contributed by atoms with Crippen LogP contribution in [0.25, 0.3) is 21.3 Å². The van der Waals surface area contributed by atoms with Crippen LogP contribution in [0, 0.1) is 5.92 Å². The van der Waals surface area contributed by atoms with E-state index < -0.39 is 0 Å². The molecule has 0 aliphatic heterocycles. The summed E-state index contributed by atoms with van der Waals surface area (Å²) in [6.45, 7) is 0. The maximum Gasteiger partial charge on any atom is 0.305 e. The molecule has 3 aromatic heterocycles. The molecule has 3 heterocycles. The molecule has 0 bridgehead atoms. The number of benzene rings is 2. The summed E-state index contributed by atoms with van der Waals surface area (Å²) in [4.78, 5) is 39.7. The highest BCUT2D eigenvalue weighted by atomic mass is 32.1. The molecule has 0 radical (unpaired) electrons. The zero-order valence-corrected chi connectivity index (χ0v) is 18.3. The lowest BCUT2D eigenvalue weighted by Gasteiger charge is -2.22. The number of anilines is 3. The molecule has 2 aromatic carbocycles. The number of aromatic nitrogens is 4. The van der Waals surface area contributed by atoms with Gasteiger partial charge in [0.05, 0.1) is 15.6 Å². The first-order valence-corrected chi connectivity index (χ1v) is 11.6. The molecule has 0 spiro atoms. The monoisotopic (exact) mass is 456 g/mol. The number of aryl methyl sites for hydroxylation is 1. The second kappa shape index (κ2) is 7.86. The minimum Gasteiger partial charge on any atom is -0.343 e. The van der Waals surface area contributed by atoms with Crippen molar-refractivity contribution in [3.05, 3.63) is 75.8 Å². The molecule has 8 nitrogen and oxygen atoms in total. The second-order valence-corrected chi connectivity index (χ2v) is 9.19. The van der Waals surface area contributed by atoms with E-state index in [-0.39, 0.29) is 16.7 Å². The first-order valence-electron chi connectivity index (χ1n) is 10.7. The van der Waals surface area contributed by atoms with Crippen LogP contribution in [0.1, 0.15) is 17.7 Å². The number of hydrogen-bond acceptors (Lipinski definition) is 6. The number of amides is 1. The maximum absolute atomic E-state index is 12.9. The number of aromatic amines is 2. The van der Waals surface area contributed by atoms with Crippen molar-refractivity contribution >= 4 is 55.7 Å². The highest BCUT2D eigenvalue weighted by Gasteiger charge is 2.29. The van der Waals surface area contributed by atoms with Gasteiger partial charge >= 0.3 is 4.87 Å². The van der Waals surface area contributed by atoms with E-state index in [2.05, 4.69) is 30.6 Å². The van der Waals surface area contributed by atoms with E-state index in [4.69, 9.17) is 0 Å². The molecule has 0 fully saturated rings. The summed E-state index contributed by atoms with van der Waals surface area (Å²) in [5, 5.41) is 7.33. The fourth-order valence-corrected chi connectivity index (χ4v) is 5.26. The van der Waals surface area contributed by atoms with Crippen molar-refractivity contribution < 1.29 is 4.79 Å². The number of nitrogens with zero attached hydrogens (tertiary/aromatic N) is 2. The Morgan fingerprint density at radius 1 is 1.06 bits per heavy atom. The van der Waals surface area contributed by atoms with Gasteiger partial charge in [-0.15, -0.1) is 0 Å². The van der Waals surface area contributed by atoms with Crippen molar-refractivity contribution in [2.75, 3.05) is 10.6 Å². The van der Waals surface area contributed by atoms with Gasteiger partial charge in [-0.3, -0.25) is 9.59 Å². The van der Waals surface area contributed by atoms with Gasteiger partial charge in [-0.2, -0.15) is 0 Å². The SMILES string of the molecule is O=C(Nc1ccccc1)[C@H]1CCc2[nH]c3ncnc(Nc4ccc5[nH]c(=O)sc5c4)c3c2C1. The summed E-state index contributed by atoms with van der Waals surface area (Å²) in [5.74, 6) is 0.586. The van der Waals surface area contributed by atoms with Gasteiger partial charge in [0.2, 0.25) is 5.91 Å². The number of hydrogen-bond donors (Lipinski definition) is 4. The van der Waals surface area contributed by atoms with Gasteiger partial charge in [-0.25, -0.2) is 9.97 Å². The molecular formula is C24H20N6O2S. The topological polar surface area (TPSA) is 116 Å². The number of carbonyl (C=O) groups is 1. The van der Waals surface area contributed by atoms with Gasteiger partial charge in [-0.05, 0) is 55.2 Å². The Morgan fingerprint density at radius 3 is 2.82 bits per heavy atom. The van der Waals surface area contributed by atoms with Gasteiger partial charge in [0, 0.05) is 23.0 Å². The van der Waals surface area contributed by atoms with Crippen molar-refractivity contribution in [3.63, 3.8) is 0 Å². The fourth-order valence-electron chi connectivity index (χ4n) is 4.49. The average Bonchev–Trinajstić information content (AvgIpc) is 3.38. The lowest BCUT2D eigenvalue weighted by Crippen LogP contribution is -2.28. The molecule has 33 heavy (non-hydrogen) atoms. The van der Waals surface area contributed by atoms with Crippen LogP contribution in [0.3, 0.4) is 0 Å². The van der Waals surface area contributed by atoms with E-state index >= 15 is 0 Å². The van der Waals surface area contributed by atoms with Crippen LogP contribution in [0.15, 0.2) is 59.7 Å². The van der Waals surface area contributed by atoms with Crippen LogP contribution in [-0.2, 0) is 17.6 Å². The van der Waals surface area contributed by atoms with Crippen molar-refractivity contribution in [1.29, 1.82) is 0 Å². The number of H-pyrrole nitrogens is 2. The molecule has 1 aliphatic carbocycles. The molecule has 0 saturated carbocycles. The van der Waals surface area contributed by atoms with Crippen molar-refractivity contribution in [2.45, 2.75) is 19.3 Å². The van der Waals surface area contributed by atoms with Crippen LogP contribution in [0.5, 0.6) is 0 Å². The van der Waals surface area contributed by atoms with Crippen molar-refractivity contribution in [3.8, 4) is 0 Å². The Kier molecular flexibility index (Phi) is 4.69. The van der Waals surface area contributed by atoms with Gasteiger partial charge in [0.1, 0.15) is 17.8 Å². The predicted molar refractivity (Wildman–Crippen MR) is 130 cm³/mol. The third kappa shape index (κ3) is 3.66. The zero-order chi connectivity index (χ0) is 22.4. The lowest BCUT2D eigenvalue weighted by molar-refractivity contribution is -0.120. The van der Waals surface area contributed by atoms with Crippen LogP contribution in [-0.4, -0.2) is 25.8 Å². The maximum atomic E-state index is 12.9. The predicted octanol–water partition coefficient (Wildman–Crippen LogP) is 4.35. The molecule has 4 N–H and O–H groups in total. The van der Waals surface area contributed by atoms with E-state index in [1.54, 1.807) is 0 Å². The van der Waals surface area contributed by atoms with Crippen molar-refractivity contribution in [1.82, 2.24) is 19.9 Å². The molecular weight excluding hydrogens is 436 g/mol. The standard InChI is InChI=1S/C24H20N6O2S/c31-23(28-14-4-2-1-3-5-14)13-6-8-17-16(10-13)20-21(25-12-26-22(20)29-17)27-15-7-9-18-19(11-15)33-24(32)30-18/h1-5,7,9,11-13H,6,8,10H2,(H,28,31)(H,30,32)(H2,25,26,27,29)/t13-/m0/s1. The molecule has 1 atom stereocenters. The van der Waals surface area contributed by atoms with E-state index in [0.29, 0.717) is 12.2 Å². The normalized spacial score (nSPS) is 15.5. The smallest absolute Gasteiger partial charge is 0.305 e. The van der Waals surface area contributed by atoms with E-state index in [1.165, 1.54) is 17.7 Å². The number of thiazole rings is 1. The molecule has 9 heteroatoms. The van der Waals surface area contributed by atoms with Crippen LogP contribution in [0.2, 0.25) is 0 Å². The minimum absolute atomic E-state index is 0.0281. The van der Waals surface area contributed by atoms with Gasteiger partial charge in [0.25, 0.3) is 0 Å². The Bertz CT molecular complexity index is 1550. The molecule has 5 aromatic rings. The first kappa shape index (κ1) is 19.7. The van der Waals surface area contributed by atoms with Crippen LogP contribution >= 0.6 is 11.3 Å². The average molecular weight is 457 g/mol. The molecule has 0 saturated heterocycles. The number of nitrogens with one attached hydrogen (secondary N) is 4. The first-order chi connectivity index (χ1) is 16.1. The number of para-hydroxylation sites is 1. The van der Waals surface area contributed by atoms with Gasteiger partial charge < -0.3 is 20.6 Å². The largest absolute Gasteiger partial charge is 0.343 e. The minimum atomic E-state index is -0.127. The molecule has 1 aliphatic rings. The van der Waals surface area contributed by atoms with E-state index in [9.17, 15) is 9.59 Å². The highest BCUT2D eigenvalue weighted by molar-refractivity contribution is 7.16. The molecule has 0 unspecified atom stereocenters. The Labute approximate surface area is 192 Å². The summed E-state index contributed by atoms with van der Waals surface area (Å²) in [7, 11) is 0. The molecule has 164 valence electrons. The number of rotatable bonds is 4. The Hall–Kier alpha value is -3.98. The summed E-state index contributed by atoms with van der Waals surface area (Å²) >= 11 is 1.17. The van der Waals surface area contributed by atoms with Gasteiger partial charge in [0.15, 0.2) is 0 Å². The van der Waals surface area contributed by atoms with Gasteiger partial charge in [-0.1, -0.05) is 29.5 Å². The van der Waals surface area contributed by atoms with Crippen LogP contribution < -0.4 is 15.5 Å². The summed E-state index contributed by atoms with van der Waals surface area (Å²) in [6.07, 6.45) is 3.70. The Balaban J connectivity index is 1.32. The quantitative estimate of drug-likeness (QED) is 0.321. The third-order valence-electron chi connectivity index (χ3n) is 6.07. The summed E-state index contributed by atoms with van der Waals surface area (Å²) in [5.41, 5.74) is 5.41. The summed E-state index contributed by atoms with van der Waals surface area (Å²) < 4.78 is 0.879. The molecule has 1 amide bonds. The van der Waals surface area contributed by atoms with Crippen molar-refractivity contribution in [2.24, 2.45) is 5.92 Å². The van der Waals surface area contributed by atoms with E-state index in [0.717, 1.165) is 56.7 Å². The lowest BCUT2D eigenvalue weighted by atomic mass is 9.86. The fraction of sp³-hybridized carbons (Fsp3) is 0.167. The zero-order valence-electron chi connectivity index (χ0n) is 17.5. The Morgan fingerprint density at radius 2 is 1.94 bits per heavy atom. The molecule has 6 rings (SSSR count). The second-order valence-electron chi connectivity index (χ2n) is 8.17. The third-order valence-corrected chi connectivity index (χ3v) is 6.92. The van der Waals surface area contributed by atoms with E-state index in [1.807, 2.05) is 48.5 Å².